The Morgan fingerprint density at radius 3 is 3.14 bits per heavy atom. The average Bonchev–Trinajstić information content (AvgIpc) is 2.19. The van der Waals surface area contributed by atoms with Crippen LogP contribution < -0.4 is 5.32 Å². The fraction of sp³-hybridized carbons (Fsp3) is 0.444. The number of rotatable bonds is 1. The summed E-state index contributed by atoms with van der Waals surface area (Å²) in [4.78, 5) is 4.08. The highest BCUT2D eigenvalue weighted by atomic mass is 127. The van der Waals surface area contributed by atoms with Gasteiger partial charge < -0.3 is 10.1 Å². The topological polar surface area (TPSA) is 34.1 Å². The van der Waals surface area contributed by atoms with E-state index in [4.69, 9.17) is 16.3 Å². The fourth-order valence-electron chi connectivity index (χ4n) is 1.49. The molecule has 5 heteroatoms. The first kappa shape index (κ1) is 10.6. The van der Waals surface area contributed by atoms with Gasteiger partial charge in [0, 0.05) is 21.9 Å². The van der Waals surface area contributed by atoms with Crippen molar-refractivity contribution in [2.24, 2.45) is 0 Å². The number of pyridine rings is 1. The molecule has 1 aromatic rings. The number of halogens is 2. The minimum absolute atomic E-state index is 0.178. The van der Waals surface area contributed by atoms with Crippen molar-refractivity contribution in [1.82, 2.24) is 10.3 Å². The highest BCUT2D eigenvalue weighted by Gasteiger charge is 2.20. The van der Waals surface area contributed by atoms with Crippen LogP contribution >= 0.6 is 34.2 Å². The van der Waals surface area contributed by atoms with Gasteiger partial charge in [-0.1, -0.05) is 11.6 Å². The van der Waals surface area contributed by atoms with E-state index in [-0.39, 0.29) is 6.04 Å². The summed E-state index contributed by atoms with van der Waals surface area (Å²) in [6, 6.07) is 2.13. The number of nitrogens with one attached hydrogen (secondary N) is 1. The Morgan fingerprint density at radius 2 is 2.50 bits per heavy atom. The summed E-state index contributed by atoms with van der Waals surface area (Å²) in [7, 11) is 0. The van der Waals surface area contributed by atoms with Crippen LogP contribution in [0.1, 0.15) is 11.6 Å². The lowest BCUT2D eigenvalue weighted by Gasteiger charge is -2.25. The van der Waals surface area contributed by atoms with Crippen molar-refractivity contribution < 1.29 is 4.74 Å². The lowest BCUT2D eigenvalue weighted by Crippen LogP contribution is -2.35. The van der Waals surface area contributed by atoms with E-state index in [9.17, 15) is 0 Å². The molecule has 0 aliphatic carbocycles. The van der Waals surface area contributed by atoms with Gasteiger partial charge in [-0.25, -0.2) is 4.98 Å². The zero-order chi connectivity index (χ0) is 9.97. The van der Waals surface area contributed by atoms with Gasteiger partial charge in [0.2, 0.25) is 0 Å². The summed E-state index contributed by atoms with van der Waals surface area (Å²) in [6.45, 7) is 2.30. The molecule has 0 radical (unpaired) electrons. The SMILES string of the molecule is Clc1nccc(I)c1C1COCCN1. The van der Waals surface area contributed by atoms with E-state index in [1.54, 1.807) is 6.20 Å². The molecule has 1 N–H and O–H groups in total. The highest BCUT2D eigenvalue weighted by molar-refractivity contribution is 14.1. The van der Waals surface area contributed by atoms with E-state index in [0.29, 0.717) is 11.8 Å². The van der Waals surface area contributed by atoms with Crippen LogP contribution in [0, 0.1) is 3.57 Å². The maximum Gasteiger partial charge on any atom is 0.134 e. The third-order valence-corrected chi connectivity index (χ3v) is 3.40. The van der Waals surface area contributed by atoms with Crippen LogP contribution in [0.5, 0.6) is 0 Å². The zero-order valence-electron chi connectivity index (χ0n) is 7.46. The van der Waals surface area contributed by atoms with E-state index >= 15 is 0 Å². The second kappa shape index (κ2) is 4.74. The summed E-state index contributed by atoms with van der Waals surface area (Å²) >= 11 is 8.32. The van der Waals surface area contributed by atoms with Gasteiger partial charge in [-0.3, -0.25) is 0 Å². The molecule has 2 heterocycles. The molecule has 3 nitrogen and oxygen atoms in total. The minimum Gasteiger partial charge on any atom is -0.378 e. The molecule has 0 saturated carbocycles. The van der Waals surface area contributed by atoms with E-state index in [1.807, 2.05) is 6.07 Å². The number of hydrogen-bond acceptors (Lipinski definition) is 3. The van der Waals surface area contributed by atoms with Crippen LogP contribution in [0.3, 0.4) is 0 Å². The fourth-order valence-corrected chi connectivity index (χ4v) is 2.73. The van der Waals surface area contributed by atoms with Gasteiger partial charge in [0.25, 0.3) is 0 Å². The van der Waals surface area contributed by atoms with Crippen molar-refractivity contribution in [3.05, 3.63) is 26.5 Å². The van der Waals surface area contributed by atoms with Gasteiger partial charge in [-0.05, 0) is 28.7 Å². The van der Waals surface area contributed by atoms with Crippen LogP contribution in [0.15, 0.2) is 12.3 Å². The molecule has 0 aromatic carbocycles. The molecule has 1 aliphatic rings. The van der Waals surface area contributed by atoms with Crippen LogP contribution in [-0.2, 0) is 4.74 Å². The Labute approximate surface area is 101 Å². The quantitative estimate of drug-likeness (QED) is 0.634. The second-order valence-electron chi connectivity index (χ2n) is 3.08. The monoisotopic (exact) mass is 324 g/mol. The van der Waals surface area contributed by atoms with Crippen LogP contribution in [0.25, 0.3) is 0 Å². The van der Waals surface area contributed by atoms with Crippen molar-refractivity contribution in [2.75, 3.05) is 19.8 Å². The lowest BCUT2D eigenvalue weighted by molar-refractivity contribution is 0.0766. The first-order chi connectivity index (χ1) is 6.79. The highest BCUT2D eigenvalue weighted by Crippen LogP contribution is 2.27. The van der Waals surface area contributed by atoms with Crippen molar-refractivity contribution in [3.8, 4) is 0 Å². The Morgan fingerprint density at radius 1 is 1.64 bits per heavy atom. The van der Waals surface area contributed by atoms with Crippen molar-refractivity contribution in [1.29, 1.82) is 0 Å². The Hall–Kier alpha value is 0.0900. The van der Waals surface area contributed by atoms with Crippen LogP contribution in [0.2, 0.25) is 5.15 Å². The molecule has 0 bridgehead atoms. The molecule has 1 fully saturated rings. The number of ether oxygens (including phenoxy) is 1. The molecule has 1 aromatic heterocycles. The third-order valence-electron chi connectivity index (χ3n) is 2.16. The maximum atomic E-state index is 6.05. The summed E-state index contributed by atoms with van der Waals surface area (Å²) in [5.74, 6) is 0. The Balaban J connectivity index is 2.29. The Bertz CT molecular complexity index is 308. The van der Waals surface area contributed by atoms with Crippen molar-refractivity contribution >= 4 is 34.2 Å². The molecule has 1 unspecified atom stereocenters. The van der Waals surface area contributed by atoms with Gasteiger partial charge in [0.15, 0.2) is 0 Å². The zero-order valence-corrected chi connectivity index (χ0v) is 10.4. The second-order valence-corrected chi connectivity index (χ2v) is 4.60. The molecule has 14 heavy (non-hydrogen) atoms. The van der Waals surface area contributed by atoms with Crippen LogP contribution in [0.4, 0.5) is 0 Å². The van der Waals surface area contributed by atoms with Crippen molar-refractivity contribution in [2.45, 2.75) is 6.04 Å². The van der Waals surface area contributed by atoms with Gasteiger partial charge in [-0.2, -0.15) is 0 Å². The first-order valence-corrected chi connectivity index (χ1v) is 5.85. The minimum atomic E-state index is 0.178. The number of aromatic nitrogens is 1. The molecular formula is C9H10ClIN2O. The van der Waals surface area contributed by atoms with E-state index < -0.39 is 0 Å². The number of hydrogen-bond donors (Lipinski definition) is 1. The van der Waals surface area contributed by atoms with Crippen LogP contribution in [-0.4, -0.2) is 24.7 Å². The molecule has 0 spiro atoms. The van der Waals surface area contributed by atoms with E-state index in [1.165, 1.54) is 0 Å². The molecule has 0 amide bonds. The van der Waals surface area contributed by atoms with Gasteiger partial charge >= 0.3 is 0 Å². The van der Waals surface area contributed by atoms with E-state index in [2.05, 4.69) is 32.9 Å². The summed E-state index contributed by atoms with van der Waals surface area (Å²) in [5, 5.41) is 3.93. The van der Waals surface area contributed by atoms with Gasteiger partial charge in [-0.15, -0.1) is 0 Å². The predicted molar refractivity (Wildman–Crippen MR) is 63.5 cm³/mol. The molecule has 1 aliphatic heterocycles. The van der Waals surface area contributed by atoms with Gasteiger partial charge in [0.1, 0.15) is 5.15 Å². The lowest BCUT2D eigenvalue weighted by atomic mass is 10.1. The largest absolute Gasteiger partial charge is 0.378 e. The first-order valence-electron chi connectivity index (χ1n) is 4.40. The van der Waals surface area contributed by atoms with Gasteiger partial charge in [0.05, 0.1) is 19.3 Å². The normalized spacial score (nSPS) is 22.3. The standard InChI is InChI=1S/C9H10ClIN2O/c10-9-8(6(11)1-2-13-9)7-5-14-4-3-12-7/h1-2,7,12H,3-5H2. The molecule has 2 rings (SSSR count). The number of nitrogens with zero attached hydrogens (tertiary/aromatic N) is 1. The summed E-state index contributed by atoms with van der Waals surface area (Å²) in [6.07, 6.45) is 1.72. The number of morpholine rings is 1. The third kappa shape index (κ3) is 2.18. The van der Waals surface area contributed by atoms with E-state index in [0.717, 1.165) is 22.3 Å². The predicted octanol–water partition coefficient (Wildman–Crippen LogP) is 2.00. The van der Waals surface area contributed by atoms with Crippen molar-refractivity contribution in [3.63, 3.8) is 0 Å². The smallest absolute Gasteiger partial charge is 0.134 e. The molecule has 1 saturated heterocycles. The average molecular weight is 325 g/mol. The summed E-state index contributed by atoms with van der Waals surface area (Å²) in [5.41, 5.74) is 1.05. The Kier molecular flexibility index (Phi) is 3.59. The molecular weight excluding hydrogens is 314 g/mol. The maximum absolute atomic E-state index is 6.05. The molecule has 76 valence electrons. The summed E-state index contributed by atoms with van der Waals surface area (Å²) < 4.78 is 6.52. The molecule has 1 atom stereocenters.